The van der Waals surface area contributed by atoms with Crippen molar-refractivity contribution in [1.82, 2.24) is 0 Å². The zero-order valence-electron chi connectivity index (χ0n) is 12.8. The van der Waals surface area contributed by atoms with E-state index in [1.54, 1.807) is 20.8 Å². The lowest BCUT2D eigenvalue weighted by molar-refractivity contribution is -0.160. The Labute approximate surface area is 125 Å². The molecule has 0 radical (unpaired) electrons. The number of carbonyl (C=O) groups is 2. The van der Waals surface area contributed by atoms with E-state index in [9.17, 15) is 14.7 Å². The molecule has 0 amide bonds. The number of hydrogen-bond acceptors (Lipinski definition) is 3. The fourth-order valence-electron chi connectivity index (χ4n) is 2.97. The molecule has 0 saturated heterocycles. The molecule has 1 aliphatic carbocycles. The standard InChI is InChI=1S/C17H22O4/c1-17(2,3)21-15(18)10-14(16(19)20)13-9-8-11-6-4-5-7-12(11)13/h4-7,13-14H,8-10H2,1-3H3,(H,19,20)/t13-,14+/m1/s1. The van der Waals surface area contributed by atoms with Gasteiger partial charge in [-0.15, -0.1) is 0 Å². The van der Waals surface area contributed by atoms with Gasteiger partial charge in [-0.1, -0.05) is 24.3 Å². The van der Waals surface area contributed by atoms with Gasteiger partial charge in [0.25, 0.3) is 0 Å². The number of ether oxygens (including phenoxy) is 1. The van der Waals surface area contributed by atoms with E-state index in [1.807, 2.05) is 24.3 Å². The van der Waals surface area contributed by atoms with Gasteiger partial charge < -0.3 is 9.84 Å². The molecule has 4 nitrogen and oxygen atoms in total. The van der Waals surface area contributed by atoms with Crippen LogP contribution >= 0.6 is 0 Å². The summed E-state index contributed by atoms with van der Waals surface area (Å²) in [7, 11) is 0. The van der Waals surface area contributed by atoms with Crippen molar-refractivity contribution < 1.29 is 19.4 Å². The Morgan fingerprint density at radius 2 is 2.00 bits per heavy atom. The Hall–Kier alpha value is -1.84. The fourth-order valence-corrected chi connectivity index (χ4v) is 2.97. The van der Waals surface area contributed by atoms with Crippen molar-refractivity contribution >= 4 is 11.9 Å². The zero-order chi connectivity index (χ0) is 15.6. The first kappa shape index (κ1) is 15.5. The molecule has 4 heteroatoms. The fraction of sp³-hybridized carbons (Fsp3) is 0.529. The first-order valence-electron chi connectivity index (χ1n) is 7.30. The van der Waals surface area contributed by atoms with Gasteiger partial charge in [0.15, 0.2) is 0 Å². The number of aliphatic carboxylic acids is 1. The Morgan fingerprint density at radius 1 is 1.33 bits per heavy atom. The molecule has 2 rings (SSSR count). The molecule has 114 valence electrons. The van der Waals surface area contributed by atoms with Crippen LogP contribution in [0.4, 0.5) is 0 Å². The average Bonchev–Trinajstić information content (AvgIpc) is 2.77. The summed E-state index contributed by atoms with van der Waals surface area (Å²) in [5.41, 5.74) is 1.67. The largest absolute Gasteiger partial charge is 0.481 e. The van der Waals surface area contributed by atoms with Crippen LogP contribution in [0, 0.1) is 5.92 Å². The highest BCUT2D eigenvalue weighted by atomic mass is 16.6. The zero-order valence-corrected chi connectivity index (χ0v) is 12.8. The number of benzene rings is 1. The normalized spacial score (nSPS) is 18.9. The number of esters is 1. The minimum absolute atomic E-state index is 0.0778. The lowest BCUT2D eigenvalue weighted by atomic mass is 9.85. The highest BCUT2D eigenvalue weighted by Crippen LogP contribution is 2.40. The van der Waals surface area contributed by atoms with Crippen molar-refractivity contribution in [2.45, 2.75) is 51.6 Å². The van der Waals surface area contributed by atoms with E-state index in [2.05, 4.69) is 0 Å². The van der Waals surface area contributed by atoms with Crippen LogP contribution in [0.1, 0.15) is 50.7 Å². The molecule has 1 aromatic carbocycles. The SMILES string of the molecule is CC(C)(C)OC(=O)C[C@H](C(=O)O)[C@@H]1CCc2ccccc21. The molecule has 0 bridgehead atoms. The van der Waals surface area contributed by atoms with Gasteiger partial charge in [-0.05, 0) is 50.7 Å². The van der Waals surface area contributed by atoms with Crippen molar-refractivity contribution in [3.63, 3.8) is 0 Å². The first-order chi connectivity index (χ1) is 9.78. The van der Waals surface area contributed by atoms with Crippen LogP contribution in [0.2, 0.25) is 0 Å². The van der Waals surface area contributed by atoms with Crippen LogP contribution in [-0.2, 0) is 20.7 Å². The number of hydrogen-bond donors (Lipinski definition) is 1. The molecule has 0 aliphatic heterocycles. The number of carboxylic acids is 1. The Balaban J connectivity index is 2.14. The van der Waals surface area contributed by atoms with E-state index < -0.39 is 23.5 Å². The van der Waals surface area contributed by atoms with Gasteiger partial charge >= 0.3 is 11.9 Å². The average molecular weight is 290 g/mol. The predicted octanol–water partition coefficient (Wildman–Crippen LogP) is 3.15. The minimum atomic E-state index is -0.928. The van der Waals surface area contributed by atoms with Crippen LogP contribution in [0.3, 0.4) is 0 Å². The molecular formula is C17H22O4. The predicted molar refractivity (Wildman–Crippen MR) is 79.1 cm³/mol. The van der Waals surface area contributed by atoms with Gasteiger partial charge in [0.05, 0.1) is 12.3 Å². The molecule has 1 aromatic rings. The molecular weight excluding hydrogens is 268 g/mol. The van der Waals surface area contributed by atoms with Gasteiger partial charge in [0.2, 0.25) is 0 Å². The Morgan fingerprint density at radius 3 is 2.62 bits per heavy atom. The third kappa shape index (κ3) is 3.84. The molecule has 0 saturated carbocycles. The number of carboxylic acid groups (broad SMARTS) is 1. The van der Waals surface area contributed by atoms with E-state index in [0.717, 1.165) is 18.4 Å². The Kier molecular flexibility index (Phi) is 4.35. The van der Waals surface area contributed by atoms with Gasteiger partial charge in [-0.2, -0.15) is 0 Å². The van der Waals surface area contributed by atoms with Gasteiger partial charge in [0.1, 0.15) is 5.60 Å². The third-order valence-corrected chi connectivity index (χ3v) is 3.79. The topological polar surface area (TPSA) is 63.6 Å². The van der Waals surface area contributed by atoms with E-state index >= 15 is 0 Å². The summed E-state index contributed by atoms with van der Waals surface area (Å²) in [5, 5.41) is 9.50. The van der Waals surface area contributed by atoms with Crippen LogP contribution < -0.4 is 0 Å². The van der Waals surface area contributed by atoms with Gasteiger partial charge in [-0.3, -0.25) is 9.59 Å². The van der Waals surface area contributed by atoms with Crippen molar-refractivity contribution in [2.24, 2.45) is 5.92 Å². The molecule has 0 heterocycles. The minimum Gasteiger partial charge on any atom is -0.481 e. The van der Waals surface area contributed by atoms with Crippen molar-refractivity contribution in [3.05, 3.63) is 35.4 Å². The van der Waals surface area contributed by atoms with E-state index in [0.29, 0.717) is 0 Å². The highest BCUT2D eigenvalue weighted by molar-refractivity contribution is 5.80. The summed E-state index contributed by atoms with van der Waals surface area (Å²) < 4.78 is 5.26. The smallest absolute Gasteiger partial charge is 0.307 e. The highest BCUT2D eigenvalue weighted by Gasteiger charge is 2.36. The quantitative estimate of drug-likeness (QED) is 0.865. The molecule has 0 fully saturated rings. The Bertz CT molecular complexity index is 542. The summed E-state index contributed by atoms with van der Waals surface area (Å²) in [4.78, 5) is 23.5. The first-order valence-corrected chi connectivity index (χ1v) is 7.30. The summed E-state index contributed by atoms with van der Waals surface area (Å²) in [5.74, 6) is -2.20. The second-order valence-electron chi connectivity index (χ2n) is 6.58. The number of rotatable bonds is 4. The lowest BCUT2D eigenvalue weighted by Gasteiger charge is -2.23. The van der Waals surface area contributed by atoms with E-state index in [-0.39, 0.29) is 12.3 Å². The van der Waals surface area contributed by atoms with E-state index in [4.69, 9.17) is 4.74 Å². The maximum atomic E-state index is 12.0. The molecule has 0 spiro atoms. The summed E-state index contributed by atoms with van der Waals surface area (Å²) in [6.07, 6.45) is 1.57. The van der Waals surface area contributed by atoms with E-state index in [1.165, 1.54) is 5.56 Å². The second-order valence-corrected chi connectivity index (χ2v) is 6.58. The second kappa shape index (κ2) is 5.88. The summed E-state index contributed by atoms with van der Waals surface area (Å²) in [6, 6.07) is 7.88. The monoisotopic (exact) mass is 290 g/mol. The van der Waals surface area contributed by atoms with Crippen molar-refractivity contribution in [2.75, 3.05) is 0 Å². The maximum absolute atomic E-state index is 12.0. The van der Waals surface area contributed by atoms with Crippen LogP contribution in [0.15, 0.2) is 24.3 Å². The van der Waals surface area contributed by atoms with Crippen molar-refractivity contribution in [3.8, 4) is 0 Å². The lowest BCUT2D eigenvalue weighted by Crippen LogP contribution is -2.29. The third-order valence-electron chi connectivity index (χ3n) is 3.79. The number of fused-ring (bicyclic) bond motifs is 1. The van der Waals surface area contributed by atoms with Crippen molar-refractivity contribution in [1.29, 1.82) is 0 Å². The molecule has 1 aliphatic rings. The molecule has 0 unspecified atom stereocenters. The molecule has 0 aromatic heterocycles. The van der Waals surface area contributed by atoms with Crippen LogP contribution in [0.25, 0.3) is 0 Å². The van der Waals surface area contributed by atoms with Gasteiger partial charge in [0, 0.05) is 0 Å². The maximum Gasteiger partial charge on any atom is 0.307 e. The molecule has 1 N–H and O–H groups in total. The summed E-state index contributed by atoms with van der Waals surface area (Å²) >= 11 is 0. The molecule has 21 heavy (non-hydrogen) atoms. The molecule has 2 atom stereocenters. The van der Waals surface area contributed by atoms with Crippen LogP contribution in [-0.4, -0.2) is 22.6 Å². The summed E-state index contributed by atoms with van der Waals surface area (Å²) in [6.45, 7) is 5.35. The van der Waals surface area contributed by atoms with Crippen LogP contribution in [0.5, 0.6) is 0 Å². The number of carbonyl (C=O) groups excluding carboxylic acids is 1. The number of aryl methyl sites for hydroxylation is 1. The van der Waals surface area contributed by atoms with Gasteiger partial charge in [-0.25, -0.2) is 0 Å².